The van der Waals surface area contributed by atoms with Crippen LogP contribution in [-0.4, -0.2) is 71.2 Å². The van der Waals surface area contributed by atoms with Gasteiger partial charge in [0.15, 0.2) is 0 Å². The molecule has 1 aliphatic heterocycles. The molecule has 0 saturated carbocycles. The van der Waals surface area contributed by atoms with Crippen LogP contribution in [0.1, 0.15) is 44.9 Å². The van der Waals surface area contributed by atoms with Crippen LogP contribution in [0.15, 0.2) is 29.8 Å². The number of aromatic nitrogens is 1. The van der Waals surface area contributed by atoms with Crippen molar-refractivity contribution in [2.75, 3.05) is 20.3 Å². The Bertz CT molecular complexity index is 1060. The van der Waals surface area contributed by atoms with Crippen molar-refractivity contribution in [2.45, 2.75) is 65.3 Å². The highest BCUT2D eigenvalue weighted by atomic mass is 32.1. The maximum atomic E-state index is 13.5. The maximum absolute atomic E-state index is 13.5. The fourth-order valence-electron chi connectivity index (χ4n) is 4.21. The first-order valence-corrected chi connectivity index (χ1v) is 12.9. The Balaban J connectivity index is 1.66. The number of rotatable bonds is 9. The number of hydrogen-bond acceptors (Lipinski definition) is 7. The summed E-state index contributed by atoms with van der Waals surface area (Å²) in [6.45, 7) is 8.11. The van der Waals surface area contributed by atoms with E-state index in [9.17, 15) is 19.5 Å². The highest BCUT2D eigenvalue weighted by Gasteiger charge is 2.44. The Hall–Kier alpha value is -2.82. The topological polar surface area (TPSA) is 121 Å². The van der Waals surface area contributed by atoms with Gasteiger partial charge in [0.1, 0.15) is 12.1 Å². The molecule has 36 heavy (non-hydrogen) atoms. The summed E-state index contributed by atoms with van der Waals surface area (Å²) in [6.07, 6.45) is -0.531. The number of methoxy groups -OCH3 is 1. The Labute approximate surface area is 216 Å². The molecular weight excluding hydrogens is 480 g/mol. The lowest BCUT2D eigenvalue weighted by Crippen LogP contribution is -2.57. The van der Waals surface area contributed by atoms with Crippen LogP contribution in [0.5, 0.6) is 0 Å². The summed E-state index contributed by atoms with van der Waals surface area (Å²) in [5.41, 5.74) is 4.20. The van der Waals surface area contributed by atoms with Crippen molar-refractivity contribution in [1.82, 2.24) is 20.5 Å². The van der Waals surface area contributed by atoms with Gasteiger partial charge in [-0.25, -0.2) is 4.98 Å². The molecule has 1 aliphatic rings. The van der Waals surface area contributed by atoms with Gasteiger partial charge >= 0.3 is 0 Å². The van der Waals surface area contributed by atoms with E-state index in [-0.39, 0.29) is 43.7 Å². The zero-order valence-electron chi connectivity index (χ0n) is 21.5. The molecule has 2 heterocycles. The predicted molar refractivity (Wildman–Crippen MR) is 138 cm³/mol. The lowest BCUT2D eigenvalue weighted by atomic mass is 9.85. The van der Waals surface area contributed by atoms with Gasteiger partial charge in [0, 0.05) is 33.0 Å². The van der Waals surface area contributed by atoms with E-state index < -0.39 is 23.6 Å². The van der Waals surface area contributed by atoms with Gasteiger partial charge in [0.2, 0.25) is 17.7 Å². The van der Waals surface area contributed by atoms with Crippen LogP contribution in [0.3, 0.4) is 0 Å². The minimum absolute atomic E-state index is 0.0420. The van der Waals surface area contributed by atoms with Crippen molar-refractivity contribution >= 4 is 29.1 Å². The van der Waals surface area contributed by atoms with Gasteiger partial charge in [0.25, 0.3) is 0 Å². The molecule has 1 fully saturated rings. The zero-order valence-corrected chi connectivity index (χ0v) is 22.4. The number of aliphatic hydroxyl groups excluding tert-OH is 1. The smallest absolute Gasteiger partial charge is 0.246 e. The molecule has 3 rings (SSSR count). The third kappa shape index (κ3) is 6.89. The second-order valence-corrected chi connectivity index (χ2v) is 11.0. The van der Waals surface area contributed by atoms with Crippen molar-refractivity contribution in [3.8, 4) is 10.4 Å². The fraction of sp³-hybridized carbons (Fsp3) is 0.538. The zero-order chi connectivity index (χ0) is 26.5. The average Bonchev–Trinajstić information content (AvgIpc) is 3.44. The van der Waals surface area contributed by atoms with Crippen molar-refractivity contribution in [2.24, 2.45) is 5.41 Å². The molecule has 1 aromatic carbocycles. The minimum atomic E-state index is -0.842. The maximum Gasteiger partial charge on any atom is 0.246 e. The summed E-state index contributed by atoms with van der Waals surface area (Å²) in [5, 5.41) is 16.0. The number of carbonyl (C=O) groups excluding carboxylic acids is 3. The molecule has 0 spiro atoms. The fourth-order valence-corrected chi connectivity index (χ4v) is 5.02. The SMILES string of the molecule is COCCC(=O)N[C@H](C(=O)N1C[C@H](O)C[C@H]1C(=O)NCc1ccc(-c2scnc2C)cc1)C(C)(C)C. The van der Waals surface area contributed by atoms with Crippen molar-refractivity contribution in [1.29, 1.82) is 0 Å². The normalized spacial score (nSPS) is 18.7. The van der Waals surface area contributed by atoms with Gasteiger partial charge in [-0.05, 0) is 23.5 Å². The van der Waals surface area contributed by atoms with E-state index in [0.29, 0.717) is 6.54 Å². The second-order valence-electron chi connectivity index (χ2n) is 10.2. The number of ether oxygens (including phenoxy) is 1. The summed E-state index contributed by atoms with van der Waals surface area (Å²) in [5.74, 6) is -1.02. The lowest BCUT2D eigenvalue weighted by molar-refractivity contribution is -0.144. The van der Waals surface area contributed by atoms with Gasteiger partial charge in [-0.1, -0.05) is 45.0 Å². The molecule has 3 N–H and O–H groups in total. The van der Waals surface area contributed by atoms with E-state index in [2.05, 4.69) is 15.6 Å². The summed E-state index contributed by atoms with van der Waals surface area (Å²) in [7, 11) is 1.50. The third-order valence-electron chi connectivity index (χ3n) is 6.24. The number of β-amino-alcohol motifs (C(OH)–C–C–N with tert-alkyl or cyclic N) is 1. The largest absolute Gasteiger partial charge is 0.391 e. The number of nitrogens with zero attached hydrogens (tertiary/aromatic N) is 2. The van der Waals surface area contributed by atoms with Crippen LogP contribution < -0.4 is 10.6 Å². The summed E-state index contributed by atoms with van der Waals surface area (Å²) >= 11 is 1.58. The van der Waals surface area contributed by atoms with E-state index in [0.717, 1.165) is 21.7 Å². The standard InChI is InChI=1S/C26H36N4O5S/c1-16-22(36-15-28-16)18-8-6-17(7-9-18)13-27-24(33)20-12-19(31)14-30(20)25(34)23(26(2,3)4)29-21(32)10-11-35-5/h6-9,15,19-20,23,31H,10-14H2,1-5H3,(H,27,33)(H,29,32)/t19-,20+,23-/m1/s1. The van der Waals surface area contributed by atoms with E-state index in [1.807, 2.05) is 57.5 Å². The molecule has 3 amide bonds. The molecule has 0 radical (unpaired) electrons. The average molecular weight is 517 g/mol. The number of thiazole rings is 1. The van der Waals surface area contributed by atoms with E-state index >= 15 is 0 Å². The molecule has 1 saturated heterocycles. The van der Waals surface area contributed by atoms with Crippen LogP contribution in [0, 0.1) is 12.3 Å². The van der Waals surface area contributed by atoms with Crippen molar-refractivity contribution in [3.63, 3.8) is 0 Å². The number of nitrogens with one attached hydrogen (secondary N) is 2. The van der Waals surface area contributed by atoms with Gasteiger partial charge in [-0.2, -0.15) is 0 Å². The van der Waals surface area contributed by atoms with Crippen molar-refractivity contribution in [3.05, 3.63) is 41.0 Å². The number of amides is 3. The van der Waals surface area contributed by atoms with Gasteiger partial charge in [-0.15, -0.1) is 11.3 Å². The Kier molecular flexibility index (Phi) is 9.21. The molecule has 2 aromatic rings. The van der Waals surface area contributed by atoms with Crippen LogP contribution in [0.25, 0.3) is 10.4 Å². The van der Waals surface area contributed by atoms with Gasteiger partial charge in [-0.3, -0.25) is 14.4 Å². The van der Waals surface area contributed by atoms with Crippen LogP contribution in [0.2, 0.25) is 0 Å². The number of likely N-dealkylation sites (tertiary alicyclic amines) is 1. The molecule has 0 unspecified atom stereocenters. The highest BCUT2D eigenvalue weighted by Crippen LogP contribution is 2.28. The van der Waals surface area contributed by atoms with Gasteiger partial charge < -0.3 is 25.4 Å². The minimum Gasteiger partial charge on any atom is -0.391 e. The number of hydrogen-bond donors (Lipinski definition) is 3. The Morgan fingerprint density at radius 3 is 2.53 bits per heavy atom. The number of aliphatic hydroxyl groups is 1. The van der Waals surface area contributed by atoms with E-state index in [4.69, 9.17) is 4.74 Å². The van der Waals surface area contributed by atoms with Crippen molar-refractivity contribution < 1.29 is 24.2 Å². The first kappa shape index (κ1) is 27.8. The van der Waals surface area contributed by atoms with E-state index in [1.54, 1.807) is 11.3 Å². The highest BCUT2D eigenvalue weighted by molar-refractivity contribution is 7.13. The van der Waals surface area contributed by atoms with Crippen LogP contribution in [0.4, 0.5) is 0 Å². The quantitative estimate of drug-likeness (QED) is 0.470. The molecule has 1 aromatic heterocycles. The van der Waals surface area contributed by atoms with Crippen LogP contribution in [-0.2, 0) is 25.7 Å². The number of carbonyl (C=O) groups is 3. The molecule has 0 bridgehead atoms. The third-order valence-corrected chi connectivity index (χ3v) is 7.22. The molecule has 0 aliphatic carbocycles. The molecule has 3 atom stereocenters. The second kappa shape index (κ2) is 11.9. The lowest BCUT2D eigenvalue weighted by Gasteiger charge is -2.35. The monoisotopic (exact) mass is 516 g/mol. The Morgan fingerprint density at radius 1 is 1.25 bits per heavy atom. The molecule has 10 heteroatoms. The molecular formula is C26H36N4O5S. The summed E-state index contributed by atoms with van der Waals surface area (Å²) in [4.78, 5) is 45.7. The first-order valence-electron chi connectivity index (χ1n) is 12.0. The first-order chi connectivity index (χ1) is 17.0. The summed E-state index contributed by atoms with van der Waals surface area (Å²) in [6, 6.07) is 6.24. The predicted octanol–water partition coefficient (Wildman–Crippen LogP) is 2.26. The van der Waals surface area contributed by atoms with E-state index in [1.165, 1.54) is 12.0 Å². The Morgan fingerprint density at radius 2 is 1.94 bits per heavy atom. The molecule has 9 nitrogen and oxygen atoms in total. The molecule has 196 valence electrons. The number of aryl methyl sites for hydroxylation is 1. The van der Waals surface area contributed by atoms with Crippen LogP contribution >= 0.6 is 11.3 Å². The number of benzene rings is 1. The van der Waals surface area contributed by atoms with Gasteiger partial charge in [0.05, 0.1) is 28.8 Å². The summed E-state index contributed by atoms with van der Waals surface area (Å²) < 4.78 is 4.95.